The Labute approximate surface area is 158 Å². The van der Waals surface area contributed by atoms with Gasteiger partial charge >= 0.3 is 6.01 Å². The quantitative estimate of drug-likeness (QED) is 0.733. The number of fused-ring (bicyclic) bond motifs is 1. The number of carbonyl (C=O) groups is 1. The number of aryl methyl sites for hydroxylation is 3. The number of rotatable bonds is 5. The third-order valence-corrected chi connectivity index (χ3v) is 5.06. The summed E-state index contributed by atoms with van der Waals surface area (Å²) in [6, 6.07) is 14.5. The molecule has 2 aromatic carbocycles. The van der Waals surface area contributed by atoms with Gasteiger partial charge in [0.15, 0.2) is 0 Å². The van der Waals surface area contributed by atoms with Crippen molar-refractivity contribution in [1.82, 2.24) is 10.2 Å². The molecule has 1 N–H and O–H groups in total. The lowest BCUT2D eigenvalue weighted by Gasteiger charge is -2.15. The molecule has 0 aliphatic heterocycles. The van der Waals surface area contributed by atoms with Gasteiger partial charge < -0.3 is 4.42 Å². The highest BCUT2D eigenvalue weighted by Crippen LogP contribution is 2.27. The van der Waals surface area contributed by atoms with Crippen molar-refractivity contribution in [2.45, 2.75) is 45.4 Å². The summed E-state index contributed by atoms with van der Waals surface area (Å²) in [5.74, 6) is 0.269. The molecule has 3 aromatic rings. The molecule has 5 heteroatoms. The molecule has 1 aromatic heterocycles. The van der Waals surface area contributed by atoms with Gasteiger partial charge in [-0.25, -0.2) is 0 Å². The number of aromatic nitrogens is 2. The summed E-state index contributed by atoms with van der Waals surface area (Å²) in [6.45, 7) is 2.11. The molecule has 0 unspecified atom stereocenters. The first-order valence-corrected chi connectivity index (χ1v) is 9.54. The molecule has 0 spiro atoms. The summed E-state index contributed by atoms with van der Waals surface area (Å²) >= 11 is 0. The van der Waals surface area contributed by atoms with Gasteiger partial charge in [-0.1, -0.05) is 42.4 Å². The molecule has 1 heterocycles. The molecule has 27 heavy (non-hydrogen) atoms. The molecule has 0 bridgehead atoms. The van der Waals surface area contributed by atoms with Crippen molar-refractivity contribution < 1.29 is 9.21 Å². The summed E-state index contributed by atoms with van der Waals surface area (Å²) in [5.41, 5.74) is 5.88. The maximum atomic E-state index is 12.2. The van der Waals surface area contributed by atoms with Crippen LogP contribution in [-0.2, 0) is 30.5 Å². The van der Waals surface area contributed by atoms with Gasteiger partial charge in [0, 0.05) is 5.56 Å². The van der Waals surface area contributed by atoms with Crippen molar-refractivity contribution in [3.63, 3.8) is 0 Å². The molecule has 138 valence electrons. The fraction of sp³-hybridized carbons (Fsp3) is 0.318. The normalized spacial score (nSPS) is 13.2. The van der Waals surface area contributed by atoms with Crippen molar-refractivity contribution in [2.75, 3.05) is 5.32 Å². The van der Waals surface area contributed by atoms with Crippen LogP contribution >= 0.6 is 0 Å². The molecule has 0 saturated carbocycles. The predicted octanol–water partition coefficient (Wildman–Crippen LogP) is 4.36. The van der Waals surface area contributed by atoms with Gasteiger partial charge in [0.25, 0.3) is 0 Å². The summed E-state index contributed by atoms with van der Waals surface area (Å²) in [6.07, 6.45) is 5.98. The Hall–Kier alpha value is -2.95. The third-order valence-electron chi connectivity index (χ3n) is 5.06. The second kappa shape index (κ2) is 7.74. The Bertz CT molecular complexity index is 944. The average Bonchev–Trinajstić information content (AvgIpc) is 3.16. The highest BCUT2D eigenvalue weighted by molar-refractivity contribution is 5.90. The maximum Gasteiger partial charge on any atom is 0.322 e. The van der Waals surface area contributed by atoms with Crippen LogP contribution < -0.4 is 5.32 Å². The van der Waals surface area contributed by atoms with Gasteiger partial charge in [0.2, 0.25) is 11.8 Å². The van der Waals surface area contributed by atoms with E-state index in [1.807, 2.05) is 30.3 Å². The van der Waals surface area contributed by atoms with Gasteiger partial charge in [-0.2, -0.15) is 0 Å². The number of benzene rings is 2. The van der Waals surface area contributed by atoms with Crippen molar-refractivity contribution in [3.05, 3.63) is 64.7 Å². The van der Waals surface area contributed by atoms with E-state index in [4.69, 9.17) is 4.42 Å². The number of hydrogen-bond acceptors (Lipinski definition) is 4. The van der Waals surface area contributed by atoms with Crippen LogP contribution in [0.25, 0.3) is 11.5 Å². The van der Waals surface area contributed by atoms with Crippen LogP contribution in [-0.4, -0.2) is 16.1 Å². The Kier molecular flexibility index (Phi) is 5.01. The van der Waals surface area contributed by atoms with Gasteiger partial charge in [-0.05, 0) is 66.5 Å². The van der Waals surface area contributed by atoms with E-state index in [0.29, 0.717) is 5.89 Å². The van der Waals surface area contributed by atoms with Crippen molar-refractivity contribution in [1.29, 1.82) is 0 Å². The van der Waals surface area contributed by atoms with Crippen molar-refractivity contribution in [2.24, 2.45) is 0 Å². The number of hydrogen-bond donors (Lipinski definition) is 1. The first-order valence-electron chi connectivity index (χ1n) is 9.54. The summed E-state index contributed by atoms with van der Waals surface area (Å²) in [5, 5.41) is 10.7. The Morgan fingerprint density at radius 3 is 2.52 bits per heavy atom. The Balaban J connectivity index is 1.42. The summed E-state index contributed by atoms with van der Waals surface area (Å²) in [7, 11) is 0. The van der Waals surface area contributed by atoms with Crippen LogP contribution in [0.4, 0.5) is 6.01 Å². The Morgan fingerprint density at radius 2 is 1.74 bits per heavy atom. The van der Waals surface area contributed by atoms with Crippen LogP contribution in [0.1, 0.15) is 42.0 Å². The zero-order chi connectivity index (χ0) is 18.6. The van der Waals surface area contributed by atoms with E-state index in [1.165, 1.54) is 29.5 Å². The van der Waals surface area contributed by atoms with Crippen LogP contribution in [0.3, 0.4) is 0 Å². The minimum atomic E-state index is -0.167. The van der Waals surface area contributed by atoms with E-state index in [9.17, 15) is 4.79 Å². The fourth-order valence-electron chi connectivity index (χ4n) is 3.50. The van der Waals surface area contributed by atoms with Gasteiger partial charge in [0.1, 0.15) is 0 Å². The largest absolute Gasteiger partial charge is 0.403 e. The predicted molar refractivity (Wildman–Crippen MR) is 105 cm³/mol. The minimum absolute atomic E-state index is 0.137. The maximum absolute atomic E-state index is 12.2. The highest BCUT2D eigenvalue weighted by atomic mass is 16.4. The fourth-order valence-corrected chi connectivity index (χ4v) is 3.50. The Morgan fingerprint density at radius 1 is 1.00 bits per heavy atom. The molecule has 1 aliphatic rings. The molecule has 4 rings (SSSR count). The monoisotopic (exact) mass is 361 g/mol. The topological polar surface area (TPSA) is 68.0 Å². The highest BCUT2D eigenvalue weighted by Gasteiger charge is 2.15. The smallest absolute Gasteiger partial charge is 0.322 e. The first-order chi connectivity index (χ1) is 13.2. The van der Waals surface area contributed by atoms with Gasteiger partial charge in [-0.15, -0.1) is 5.10 Å². The lowest BCUT2D eigenvalue weighted by Crippen LogP contribution is -2.14. The molecule has 5 nitrogen and oxygen atoms in total. The van der Waals surface area contributed by atoms with Gasteiger partial charge in [0.05, 0.1) is 6.42 Å². The number of nitrogens with zero attached hydrogens (tertiary/aromatic N) is 2. The number of nitrogens with one attached hydrogen (secondary N) is 1. The number of carbonyl (C=O) groups excluding carboxylic acids is 1. The van der Waals surface area contributed by atoms with Crippen LogP contribution in [0.15, 0.2) is 46.9 Å². The second-order valence-electron chi connectivity index (χ2n) is 7.00. The third kappa shape index (κ3) is 4.08. The van der Waals surface area contributed by atoms with Gasteiger partial charge in [-0.3, -0.25) is 10.1 Å². The molecular weight excluding hydrogens is 338 g/mol. The lowest BCUT2D eigenvalue weighted by atomic mass is 9.90. The van der Waals surface area contributed by atoms with E-state index in [2.05, 4.69) is 34.6 Å². The zero-order valence-electron chi connectivity index (χ0n) is 15.5. The number of anilines is 1. The molecular formula is C22H23N3O2. The molecule has 0 atom stereocenters. The molecule has 1 amide bonds. The average molecular weight is 361 g/mol. The summed E-state index contributed by atoms with van der Waals surface area (Å²) < 4.78 is 5.65. The van der Waals surface area contributed by atoms with E-state index in [-0.39, 0.29) is 18.3 Å². The lowest BCUT2D eigenvalue weighted by molar-refractivity contribution is -0.115. The second-order valence-corrected chi connectivity index (χ2v) is 7.00. The summed E-state index contributed by atoms with van der Waals surface area (Å²) in [4.78, 5) is 12.2. The van der Waals surface area contributed by atoms with E-state index in [1.54, 1.807) is 0 Å². The first kappa shape index (κ1) is 17.5. The molecule has 0 radical (unpaired) electrons. The van der Waals surface area contributed by atoms with Crippen LogP contribution in [0.5, 0.6) is 0 Å². The van der Waals surface area contributed by atoms with Crippen molar-refractivity contribution >= 4 is 11.9 Å². The minimum Gasteiger partial charge on any atom is -0.403 e. The van der Waals surface area contributed by atoms with Crippen molar-refractivity contribution in [3.8, 4) is 11.5 Å². The van der Waals surface area contributed by atoms with Crippen LogP contribution in [0.2, 0.25) is 0 Å². The SMILES string of the molecule is CCc1ccc(CC(=O)Nc2nnc(-c3ccc4c(c3)CCCC4)o2)cc1. The molecule has 0 saturated heterocycles. The number of amides is 1. The standard InChI is InChI=1S/C22H23N3O2/c1-2-15-7-9-16(10-8-15)13-20(26)23-22-25-24-21(27-22)19-12-11-17-5-3-4-6-18(17)14-19/h7-12,14H,2-6,13H2,1H3,(H,23,25,26). The van der Waals surface area contributed by atoms with E-state index < -0.39 is 0 Å². The molecule has 1 aliphatic carbocycles. The zero-order valence-corrected chi connectivity index (χ0v) is 15.5. The molecule has 0 fully saturated rings. The van der Waals surface area contributed by atoms with E-state index in [0.717, 1.165) is 30.4 Å². The van der Waals surface area contributed by atoms with Crippen LogP contribution in [0, 0.1) is 0 Å². The van der Waals surface area contributed by atoms with E-state index >= 15 is 0 Å².